The van der Waals surface area contributed by atoms with Crippen LogP contribution in [0.1, 0.15) is 13.8 Å². The summed E-state index contributed by atoms with van der Waals surface area (Å²) in [5, 5.41) is 0. The van der Waals surface area contributed by atoms with E-state index >= 15 is 0 Å². The van der Waals surface area contributed by atoms with Gasteiger partial charge in [0.25, 0.3) is 0 Å². The van der Waals surface area contributed by atoms with E-state index in [1.54, 1.807) is 0 Å². The summed E-state index contributed by atoms with van der Waals surface area (Å²) in [5.41, 5.74) is 0. The third-order valence-corrected chi connectivity index (χ3v) is 0.863. The summed E-state index contributed by atoms with van der Waals surface area (Å²) in [7, 11) is 0. The van der Waals surface area contributed by atoms with Crippen LogP contribution in [0.15, 0.2) is 12.2 Å². The Hall–Kier alpha value is -2.20. The Labute approximate surface area is 81.9 Å². The molecule has 0 aliphatic rings. The quantitative estimate of drug-likeness (QED) is 0.365. The van der Waals surface area contributed by atoms with Gasteiger partial charge in [0.1, 0.15) is 12.2 Å². The minimum atomic E-state index is -0.735. The molecule has 0 aliphatic heterocycles. The Bertz CT molecular complexity index is 321. The topological polar surface area (TPSA) is 52.6 Å². The van der Waals surface area contributed by atoms with Crippen molar-refractivity contribution in [2.45, 2.75) is 13.8 Å². The minimum Gasteiger partial charge on any atom is -0.369 e. The molecule has 0 radical (unpaired) electrons. The Balaban J connectivity index is 3.99. The van der Waals surface area contributed by atoms with Crippen LogP contribution in [-0.2, 0) is 19.1 Å². The number of rotatable bonds is 2. The zero-order chi connectivity index (χ0) is 10.8. The van der Waals surface area contributed by atoms with Crippen molar-refractivity contribution in [2.75, 3.05) is 0 Å². The van der Waals surface area contributed by atoms with E-state index in [4.69, 9.17) is 0 Å². The molecule has 0 bridgehead atoms. The molecule has 0 atom stereocenters. The van der Waals surface area contributed by atoms with Crippen LogP contribution in [0.5, 0.6) is 0 Å². The molecule has 0 saturated carbocycles. The van der Waals surface area contributed by atoms with Crippen molar-refractivity contribution in [3.8, 4) is 24.1 Å². The molecule has 4 heteroatoms. The lowest BCUT2D eigenvalue weighted by atomic mass is 10.5. The first kappa shape index (κ1) is 11.8. The fraction of sp³-hybridized carbons (Fsp3) is 0.200. The minimum absolute atomic E-state index is 0.735. The second kappa shape index (κ2) is 7.45. The number of ether oxygens (including phenoxy) is 2. The summed E-state index contributed by atoms with van der Waals surface area (Å²) < 4.78 is 8.63. The van der Waals surface area contributed by atoms with E-state index in [0.717, 1.165) is 12.2 Å². The Morgan fingerprint density at radius 1 is 0.929 bits per heavy atom. The van der Waals surface area contributed by atoms with E-state index in [9.17, 15) is 9.59 Å². The van der Waals surface area contributed by atoms with Crippen molar-refractivity contribution in [1.29, 1.82) is 0 Å². The van der Waals surface area contributed by atoms with Crippen LogP contribution in [0.3, 0.4) is 0 Å². The standard InChI is InChI=1S/C10H8O4/c1-3-7-13-9(11)5-6-10(12)14-8-4-2/h5-6H,1-2H3/b6-5-. The van der Waals surface area contributed by atoms with E-state index in [2.05, 4.69) is 33.5 Å². The fourth-order valence-corrected chi connectivity index (χ4v) is 0.407. The van der Waals surface area contributed by atoms with Crippen LogP contribution < -0.4 is 0 Å². The molecule has 0 aromatic carbocycles. The molecule has 0 rings (SSSR count). The maximum Gasteiger partial charge on any atom is 0.344 e. The van der Waals surface area contributed by atoms with Crippen LogP contribution in [0.2, 0.25) is 0 Å². The van der Waals surface area contributed by atoms with Gasteiger partial charge in [0.2, 0.25) is 0 Å². The normalized spacial score (nSPS) is 7.86. The summed E-state index contributed by atoms with van der Waals surface area (Å²) in [6.45, 7) is 3.03. The highest BCUT2D eigenvalue weighted by Gasteiger charge is 1.97. The second-order valence-electron chi connectivity index (χ2n) is 1.88. The molecule has 72 valence electrons. The molecular formula is C10H8O4. The third kappa shape index (κ3) is 6.51. The highest BCUT2D eigenvalue weighted by Crippen LogP contribution is 1.83. The summed E-state index contributed by atoms with van der Waals surface area (Å²) in [5.74, 6) is 3.24. The Morgan fingerprint density at radius 2 is 1.29 bits per heavy atom. The van der Waals surface area contributed by atoms with Crippen molar-refractivity contribution in [2.24, 2.45) is 0 Å². The first-order valence-electron chi connectivity index (χ1n) is 3.64. The van der Waals surface area contributed by atoms with Crippen molar-refractivity contribution in [1.82, 2.24) is 0 Å². The first-order valence-corrected chi connectivity index (χ1v) is 3.64. The number of hydrogen-bond donors (Lipinski definition) is 0. The molecule has 4 nitrogen and oxygen atoms in total. The Kier molecular flexibility index (Phi) is 6.28. The number of carbonyl (C=O) groups excluding carboxylic acids is 2. The molecule has 0 unspecified atom stereocenters. The van der Waals surface area contributed by atoms with E-state index < -0.39 is 11.9 Å². The molecule has 0 spiro atoms. The zero-order valence-electron chi connectivity index (χ0n) is 7.79. The number of esters is 2. The summed E-state index contributed by atoms with van der Waals surface area (Å²) in [6, 6.07) is 0. The van der Waals surface area contributed by atoms with Gasteiger partial charge in [-0.15, -0.1) is 0 Å². The van der Waals surface area contributed by atoms with Crippen LogP contribution in [0.4, 0.5) is 0 Å². The molecule has 0 N–H and O–H groups in total. The Morgan fingerprint density at radius 3 is 1.57 bits per heavy atom. The van der Waals surface area contributed by atoms with Crippen molar-refractivity contribution >= 4 is 11.9 Å². The average molecular weight is 192 g/mol. The van der Waals surface area contributed by atoms with E-state index in [1.807, 2.05) is 0 Å². The molecule has 0 fully saturated rings. The molecule has 0 saturated heterocycles. The largest absolute Gasteiger partial charge is 0.369 e. The predicted molar refractivity (Wildman–Crippen MR) is 48.2 cm³/mol. The summed E-state index contributed by atoms with van der Waals surface area (Å²) in [6.07, 6.45) is 5.98. The zero-order valence-corrected chi connectivity index (χ0v) is 7.79. The van der Waals surface area contributed by atoms with Gasteiger partial charge in [0.15, 0.2) is 0 Å². The van der Waals surface area contributed by atoms with E-state index in [-0.39, 0.29) is 0 Å². The van der Waals surface area contributed by atoms with Crippen molar-refractivity contribution < 1.29 is 19.1 Å². The van der Waals surface area contributed by atoms with Gasteiger partial charge in [-0.2, -0.15) is 0 Å². The number of hydrogen-bond acceptors (Lipinski definition) is 4. The maximum atomic E-state index is 10.7. The maximum absolute atomic E-state index is 10.7. The first-order chi connectivity index (χ1) is 6.70. The highest BCUT2D eigenvalue weighted by atomic mass is 16.5. The monoisotopic (exact) mass is 192 g/mol. The van der Waals surface area contributed by atoms with Gasteiger partial charge < -0.3 is 9.47 Å². The molecule has 0 aromatic rings. The molecular weight excluding hydrogens is 184 g/mol. The van der Waals surface area contributed by atoms with Gasteiger partial charge in [-0.05, 0) is 0 Å². The lowest BCUT2D eigenvalue weighted by Crippen LogP contribution is -1.99. The van der Waals surface area contributed by atoms with E-state index in [1.165, 1.54) is 13.8 Å². The third-order valence-electron chi connectivity index (χ3n) is 0.863. The molecule has 0 aliphatic carbocycles. The van der Waals surface area contributed by atoms with Gasteiger partial charge in [0.05, 0.1) is 0 Å². The molecule has 0 aromatic heterocycles. The molecule has 0 heterocycles. The lowest BCUT2D eigenvalue weighted by Gasteiger charge is -1.87. The smallest absolute Gasteiger partial charge is 0.344 e. The van der Waals surface area contributed by atoms with Crippen LogP contribution in [0.25, 0.3) is 0 Å². The average Bonchev–Trinajstić information content (AvgIpc) is 2.20. The van der Waals surface area contributed by atoms with Crippen LogP contribution >= 0.6 is 0 Å². The van der Waals surface area contributed by atoms with Crippen molar-refractivity contribution in [3.05, 3.63) is 12.2 Å². The van der Waals surface area contributed by atoms with Gasteiger partial charge in [-0.1, -0.05) is 11.8 Å². The van der Waals surface area contributed by atoms with Gasteiger partial charge >= 0.3 is 11.9 Å². The van der Waals surface area contributed by atoms with Gasteiger partial charge in [0, 0.05) is 26.0 Å². The predicted octanol–water partition coefficient (Wildman–Crippen LogP) is 0.591. The lowest BCUT2D eigenvalue weighted by molar-refractivity contribution is -0.133. The van der Waals surface area contributed by atoms with Gasteiger partial charge in [-0.3, -0.25) is 0 Å². The summed E-state index contributed by atoms with van der Waals surface area (Å²) in [4.78, 5) is 21.4. The second-order valence-corrected chi connectivity index (χ2v) is 1.88. The van der Waals surface area contributed by atoms with Crippen LogP contribution in [-0.4, -0.2) is 11.9 Å². The van der Waals surface area contributed by atoms with Gasteiger partial charge in [-0.25, -0.2) is 9.59 Å². The highest BCUT2D eigenvalue weighted by molar-refractivity contribution is 5.92. The van der Waals surface area contributed by atoms with E-state index in [0.29, 0.717) is 0 Å². The molecule has 0 amide bonds. The fourth-order valence-electron chi connectivity index (χ4n) is 0.407. The summed E-state index contributed by atoms with van der Waals surface area (Å²) >= 11 is 0. The van der Waals surface area contributed by atoms with Crippen molar-refractivity contribution in [3.63, 3.8) is 0 Å². The number of carbonyl (C=O) groups is 2. The molecule has 14 heavy (non-hydrogen) atoms. The SMILES string of the molecule is CC#COC(=O)/C=C\C(=O)OC#CC. The van der Waals surface area contributed by atoms with Crippen LogP contribution in [0, 0.1) is 24.1 Å².